The Bertz CT molecular complexity index is 1210. The quantitative estimate of drug-likeness (QED) is 0.0777. The number of carbonyl (C=O) groups is 3. The molecule has 0 bridgehead atoms. The van der Waals surface area contributed by atoms with Crippen molar-refractivity contribution in [2.24, 2.45) is 0 Å². The van der Waals surface area contributed by atoms with Crippen molar-refractivity contribution in [1.82, 2.24) is 26.4 Å². The zero-order valence-electron chi connectivity index (χ0n) is 23.8. The molecule has 40 heavy (non-hydrogen) atoms. The molecule has 0 radical (unpaired) electrons. The van der Waals surface area contributed by atoms with Crippen LogP contribution >= 0.6 is 0 Å². The van der Waals surface area contributed by atoms with Crippen molar-refractivity contribution in [2.75, 3.05) is 19.6 Å². The third kappa shape index (κ3) is 12.7. The standard InChI is InChI=1S/C21H23N3O2.C10H20N2O2/c1-15-18(19-4-2-3-5-20(19)23-15)12-13-22-14-17-8-6-16(7-9-17)10-11-21(25)24-26;1-9(13)11-7-5-3-4-6-8-12-10(2)14/h2-11,22-23,26H,12-14H2,1H3,(H,24,25);3-8H2,1-2H3,(H,11,13)(H,12,14)/b11-10+;. The monoisotopic (exact) mass is 549 g/mol. The van der Waals surface area contributed by atoms with E-state index in [9.17, 15) is 14.4 Å². The molecular formula is C31H43N5O4. The molecule has 0 saturated heterocycles. The largest absolute Gasteiger partial charge is 0.358 e. The first-order valence-electron chi connectivity index (χ1n) is 13.8. The van der Waals surface area contributed by atoms with Crippen molar-refractivity contribution in [3.8, 4) is 0 Å². The third-order valence-electron chi connectivity index (χ3n) is 6.28. The molecule has 0 aliphatic heterocycles. The first-order valence-corrected chi connectivity index (χ1v) is 13.8. The SMILES string of the molecule is CC(=O)NCCCCCCNC(C)=O.Cc1[nH]c2ccccc2c1CCNCc1ccc(/C=C/C(=O)NO)cc1. The molecule has 9 nitrogen and oxygen atoms in total. The van der Waals surface area contributed by atoms with Gasteiger partial charge < -0.3 is 20.9 Å². The number of benzene rings is 2. The Kier molecular flexibility index (Phi) is 14.8. The third-order valence-corrected chi connectivity index (χ3v) is 6.28. The molecule has 1 aromatic heterocycles. The number of hydrogen-bond acceptors (Lipinski definition) is 5. The Hall–Kier alpha value is -3.95. The van der Waals surface area contributed by atoms with Gasteiger partial charge in [0.2, 0.25) is 11.8 Å². The molecule has 0 fully saturated rings. The molecule has 0 aliphatic carbocycles. The Labute approximate surface area is 236 Å². The van der Waals surface area contributed by atoms with Crippen molar-refractivity contribution in [1.29, 1.82) is 0 Å². The fourth-order valence-electron chi connectivity index (χ4n) is 4.19. The van der Waals surface area contributed by atoms with Crippen molar-refractivity contribution < 1.29 is 19.6 Å². The molecule has 3 rings (SSSR count). The number of aryl methyl sites for hydroxylation is 1. The number of hydroxylamine groups is 1. The topological polar surface area (TPSA) is 135 Å². The number of fused-ring (bicyclic) bond motifs is 1. The summed E-state index contributed by atoms with van der Waals surface area (Å²) in [5, 5.41) is 18.7. The van der Waals surface area contributed by atoms with E-state index >= 15 is 0 Å². The van der Waals surface area contributed by atoms with Crippen molar-refractivity contribution in [3.63, 3.8) is 0 Å². The minimum Gasteiger partial charge on any atom is -0.358 e. The molecule has 2 aromatic carbocycles. The van der Waals surface area contributed by atoms with Gasteiger partial charge in [0.25, 0.3) is 5.91 Å². The van der Waals surface area contributed by atoms with Crippen molar-refractivity contribution in [2.45, 2.75) is 59.4 Å². The molecule has 0 spiro atoms. The van der Waals surface area contributed by atoms with E-state index in [1.54, 1.807) is 11.6 Å². The van der Waals surface area contributed by atoms with Crippen LogP contribution in [0.4, 0.5) is 0 Å². The van der Waals surface area contributed by atoms with Crippen LogP contribution in [0, 0.1) is 6.92 Å². The van der Waals surface area contributed by atoms with Gasteiger partial charge in [0.15, 0.2) is 0 Å². The summed E-state index contributed by atoms with van der Waals surface area (Å²) in [5.41, 5.74) is 7.46. The lowest BCUT2D eigenvalue weighted by Gasteiger charge is -2.06. The number of unbranched alkanes of at least 4 members (excludes halogenated alkanes) is 3. The zero-order chi connectivity index (χ0) is 29.2. The van der Waals surface area contributed by atoms with E-state index in [-0.39, 0.29) is 11.8 Å². The number of aromatic nitrogens is 1. The molecule has 216 valence electrons. The van der Waals surface area contributed by atoms with Crippen LogP contribution in [0.15, 0.2) is 54.6 Å². The van der Waals surface area contributed by atoms with Gasteiger partial charge in [-0.05, 0) is 61.6 Å². The summed E-state index contributed by atoms with van der Waals surface area (Å²) in [7, 11) is 0. The van der Waals surface area contributed by atoms with E-state index < -0.39 is 5.91 Å². The number of aromatic amines is 1. The number of hydrogen-bond donors (Lipinski definition) is 6. The van der Waals surface area contributed by atoms with Crippen LogP contribution in [0.5, 0.6) is 0 Å². The van der Waals surface area contributed by atoms with Crippen LogP contribution in [0.1, 0.15) is 61.9 Å². The van der Waals surface area contributed by atoms with Crippen LogP contribution in [0.3, 0.4) is 0 Å². The van der Waals surface area contributed by atoms with Gasteiger partial charge >= 0.3 is 0 Å². The summed E-state index contributed by atoms with van der Waals surface area (Å²) in [5.74, 6) is -0.477. The Morgan fingerprint density at radius 3 is 2.08 bits per heavy atom. The second-order valence-corrected chi connectivity index (χ2v) is 9.63. The zero-order valence-corrected chi connectivity index (χ0v) is 23.8. The number of rotatable bonds is 14. The van der Waals surface area contributed by atoms with E-state index in [4.69, 9.17) is 5.21 Å². The van der Waals surface area contributed by atoms with Crippen molar-refractivity contribution in [3.05, 3.63) is 77.0 Å². The van der Waals surface area contributed by atoms with E-state index in [2.05, 4.69) is 52.1 Å². The molecule has 3 amide bonds. The van der Waals surface area contributed by atoms with Gasteiger partial charge in [-0.15, -0.1) is 0 Å². The van der Waals surface area contributed by atoms with Crippen molar-refractivity contribution >= 4 is 34.7 Å². The normalized spacial score (nSPS) is 10.7. The predicted molar refractivity (Wildman–Crippen MR) is 160 cm³/mol. The number of H-pyrrole nitrogens is 1. The van der Waals surface area contributed by atoms with Gasteiger partial charge in [-0.3, -0.25) is 19.6 Å². The maximum atomic E-state index is 11.0. The smallest absolute Gasteiger partial charge is 0.267 e. The highest BCUT2D eigenvalue weighted by atomic mass is 16.5. The molecule has 3 aromatic rings. The maximum absolute atomic E-state index is 11.0. The summed E-state index contributed by atoms with van der Waals surface area (Å²) < 4.78 is 0. The van der Waals surface area contributed by atoms with E-state index in [0.29, 0.717) is 0 Å². The summed E-state index contributed by atoms with van der Waals surface area (Å²) in [6, 6.07) is 16.4. The molecular weight excluding hydrogens is 506 g/mol. The summed E-state index contributed by atoms with van der Waals surface area (Å²) >= 11 is 0. The Morgan fingerprint density at radius 2 is 1.48 bits per heavy atom. The second kappa shape index (κ2) is 18.4. The van der Waals surface area contributed by atoms with Gasteiger partial charge in [-0.25, -0.2) is 5.48 Å². The fraction of sp³-hybridized carbons (Fsp3) is 0.387. The maximum Gasteiger partial charge on any atom is 0.267 e. The molecule has 0 unspecified atom stereocenters. The minimum absolute atomic E-state index is 0.0308. The lowest BCUT2D eigenvalue weighted by Crippen LogP contribution is -2.21. The van der Waals surface area contributed by atoms with Gasteiger partial charge in [-0.2, -0.15) is 0 Å². The molecule has 0 aliphatic rings. The van der Waals surface area contributed by atoms with E-state index in [1.807, 2.05) is 24.3 Å². The van der Waals surface area contributed by atoms with Gasteiger partial charge in [0, 0.05) is 56.2 Å². The highest BCUT2D eigenvalue weighted by molar-refractivity contribution is 5.90. The highest BCUT2D eigenvalue weighted by Crippen LogP contribution is 2.22. The second-order valence-electron chi connectivity index (χ2n) is 9.63. The van der Waals surface area contributed by atoms with Gasteiger partial charge in [-0.1, -0.05) is 55.3 Å². The average Bonchev–Trinajstić information content (AvgIpc) is 3.26. The van der Waals surface area contributed by atoms with Crippen LogP contribution in [0.25, 0.3) is 17.0 Å². The van der Waals surface area contributed by atoms with Crippen LogP contribution < -0.4 is 21.4 Å². The first kappa shape index (κ1) is 32.3. The van der Waals surface area contributed by atoms with Crippen LogP contribution in [-0.2, 0) is 27.3 Å². The van der Waals surface area contributed by atoms with Crippen LogP contribution in [-0.4, -0.2) is 47.5 Å². The minimum atomic E-state index is -0.539. The molecule has 9 heteroatoms. The molecule has 6 N–H and O–H groups in total. The summed E-state index contributed by atoms with van der Waals surface area (Å²) in [6.07, 6.45) is 8.14. The molecule has 0 saturated carbocycles. The highest BCUT2D eigenvalue weighted by Gasteiger charge is 2.07. The van der Waals surface area contributed by atoms with E-state index in [1.165, 1.54) is 47.6 Å². The van der Waals surface area contributed by atoms with Gasteiger partial charge in [0.05, 0.1) is 0 Å². The molecule has 1 heterocycles. The Morgan fingerprint density at radius 1 is 0.850 bits per heavy atom. The summed E-state index contributed by atoms with van der Waals surface area (Å²) in [6.45, 7) is 8.39. The average molecular weight is 550 g/mol. The first-order chi connectivity index (χ1) is 19.3. The Balaban J connectivity index is 0.000000342. The number of nitrogens with one attached hydrogen (secondary N) is 5. The predicted octanol–water partition coefficient (Wildman–Crippen LogP) is 4.15. The lowest BCUT2D eigenvalue weighted by molar-refractivity contribution is -0.124. The van der Waals surface area contributed by atoms with Gasteiger partial charge in [0.1, 0.15) is 0 Å². The summed E-state index contributed by atoms with van der Waals surface area (Å²) in [4.78, 5) is 35.4. The number of amides is 3. The molecule has 0 atom stereocenters. The number of para-hydroxylation sites is 1. The number of carbonyl (C=O) groups excluding carboxylic acids is 3. The fourth-order valence-corrected chi connectivity index (χ4v) is 4.19. The lowest BCUT2D eigenvalue weighted by atomic mass is 10.1. The van der Waals surface area contributed by atoms with E-state index in [0.717, 1.165) is 63.8 Å². The van der Waals surface area contributed by atoms with Crippen LogP contribution in [0.2, 0.25) is 0 Å².